The highest BCUT2D eigenvalue weighted by Gasteiger charge is 2.38. The molecule has 0 radical (unpaired) electrons. The Labute approximate surface area is 111 Å². The van der Waals surface area contributed by atoms with E-state index >= 15 is 0 Å². The molecule has 0 N–H and O–H groups in total. The van der Waals surface area contributed by atoms with Gasteiger partial charge in [0.1, 0.15) is 5.50 Å². The normalized spacial score (nSPS) is 21.1. The van der Waals surface area contributed by atoms with E-state index in [9.17, 15) is 4.79 Å². The summed E-state index contributed by atoms with van der Waals surface area (Å²) in [4.78, 5) is 13.4. The summed E-state index contributed by atoms with van der Waals surface area (Å²) < 4.78 is 5.54. The number of anilines is 1. The molecule has 0 saturated heterocycles. The third kappa shape index (κ3) is 1.92. The lowest BCUT2D eigenvalue weighted by molar-refractivity contribution is -0.114. The van der Waals surface area contributed by atoms with Crippen LogP contribution in [0.5, 0.6) is 0 Å². The Morgan fingerprint density at radius 2 is 1.89 bits per heavy atom. The molecule has 0 bridgehead atoms. The molecule has 0 aromatic carbocycles. The van der Waals surface area contributed by atoms with Gasteiger partial charge in [-0.3, -0.25) is 4.79 Å². The largest absolute Gasteiger partial charge is 0.407 e. The van der Waals surface area contributed by atoms with Crippen molar-refractivity contribution in [3.63, 3.8) is 0 Å². The Morgan fingerprint density at radius 1 is 1.28 bits per heavy atom. The van der Waals surface area contributed by atoms with E-state index in [1.165, 1.54) is 4.90 Å². The number of nitrogens with zero attached hydrogens (tertiary/aromatic N) is 3. The standard InChI is InChI=1S/C12H16ClN3O2/c1-6-7(2)9(17)16(8(6)13)11-15-14-10(18-11)12(3,4)5/h8H,1-5H3. The lowest BCUT2D eigenvalue weighted by Gasteiger charge is -2.17. The SMILES string of the molecule is CC1=C(C)C(Cl)N(c2nnc(C(C)(C)C)o2)C1=O. The van der Waals surface area contributed by atoms with E-state index in [1.807, 2.05) is 27.7 Å². The number of amides is 1. The van der Waals surface area contributed by atoms with Gasteiger partial charge in [-0.15, -0.1) is 5.10 Å². The maximum Gasteiger partial charge on any atom is 0.326 e. The summed E-state index contributed by atoms with van der Waals surface area (Å²) in [6.07, 6.45) is 0. The van der Waals surface area contributed by atoms with E-state index in [4.69, 9.17) is 16.0 Å². The molecular weight excluding hydrogens is 254 g/mol. The molecule has 1 atom stereocenters. The predicted molar refractivity (Wildman–Crippen MR) is 68.5 cm³/mol. The maximum absolute atomic E-state index is 12.0. The number of hydrogen-bond acceptors (Lipinski definition) is 4. The second-order valence-corrected chi connectivity index (χ2v) is 5.87. The lowest BCUT2D eigenvalue weighted by Crippen LogP contribution is -2.32. The molecule has 0 spiro atoms. The summed E-state index contributed by atoms with van der Waals surface area (Å²) in [5, 5.41) is 7.87. The summed E-state index contributed by atoms with van der Waals surface area (Å²) in [6, 6.07) is 0.154. The molecule has 0 saturated carbocycles. The summed E-state index contributed by atoms with van der Waals surface area (Å²) >= 11 is 6.20. The van der Waals surface area contributed by atoms with Gasteiger partial charge in [0, 0.05) is 11.0 Å². The van der Waals surface area contributed by atoms with Crippen LogP contribution in [0.4, 0.5) is 6.01 Å². The fourth-order valence-electron chi connectivity index (χ4n) is 1.62. The summed E-state index contributed by atoms with van der Waals surface area (Å²) in [5.41, 5.74) is 0.640. The average molecular weight is 270 g/mol. The van der Waals surface area contributed by atoms with Crippen LogP contribution in [-0.4, -0.2) is 21.6 Å². The highest BCUT2D eigenvalue weighted by molar-refractivity contribution is 6.29. The van der Waals surface area contributed by atoms with Crippen molar-refractivity contribution in [3.05, 3.63) is 17.0 Å². The number of alkyl halides is 1. The predicted octanol–water partition coefficient (Wildman–Crippen LogP) is 2.62. The van der Waals surface area contributed by atoms with Gasteiger partial charge in [0.15, 0.2) is 0 Å². The molecule has 5 nitrogen and oxygen atoms in total. The van der Waals surface area contributed by atoms with Gasteiger partial charge in [0.25, 0.3) is 5.91 Å². The van der Waals surface area contributed by atoms with Gasteiger partial charge >= 0.3 is 6.01 Å². The highest BCUT2D eigenvalue weighted by atomic mass is 35.5. The average Bonchev–Trinajstić information content (AvgIpc) is 2.81. The number of hydrogen-bond donors (Lipinski definition) is 0. The van der Waals surface area contributed by atoms with Crippen molar-refractivity contribution in [1.82, 2.24) is 10.2 Å². The zero-order valence-corrected chi connectivity index (χ0v) is 11.9. The van der Waals surface area contributed by atoms with Crippen LogP contribution in [-0.2, 0) is 10.2 Å². The quantitative estimate of drug-likeness (QED) is 0.581. The molecule has 1 aromatic rings. The molecule has 0 fully saturated rings. The van der Waals surface area contributed by atoms with E-state index in [1.54, 1.807) is 6.92 Å². The number of aromatic nitrogens is 2. The van der Waals surface area contributed by atoms with E-state index in [0.717, 1.165) is 5.57 Å². The van der Waals surface area contributed by atoms with Gasteiger partial charge in [-0.25, -0.2) is 4.90 Å². The molecule has 1 aromatic heterocycles. The van der Waals surface area contributed by atoms with Crippen LogP contribution >= 0.6 is 11.6 Å². The smallest absolute Gasteiger partial charge is 0.326 e. The fourth-order valence-corrected chi connectivity index (χ4v) is 1.96. The van der Waals surface area contributed by atoms with Gasteiger partial charge in [0.2, 0.25) is 5.89 Å². The first kappa shape index (κ1) is 13.1. The van der Waals surface area contributed by atoms with E-state index in [-0.39, 0.29) is 17.3 Å². The molecule has 0 aliphatic carbocycles. The second kappa shape index (κ2) is 4.09. The second-order valence-electron chi connectivity index (χ2n) is 5.46. The van der Waals surface area contributed by atoms with Crippen LogP contribution in [0.1, 0.15) is 40.5 Å². The van der Waals surface area contributed by atoms with Crippen LogP contribution in [0.15, 0.2) is 15.6 Å². The van der Waals surface area contributed by atoms with Crippen molar-refractivity contribution < 1.29 is 9.21 Å². The topological polar surface area (TPSA) is 59.2 Å². The van der Waals surface area contributed by atoms with Crippen molar-refractivity contribution in [2.75, 3.05) is 4.90 Å². The van der Waals surface area contributed by atoms with Crippen molar-refractivity contribution in [2.24, 2.45) is 0 Å². The van der Waals surface area contributed by atoms with Crippen molar-refractivity contribution >= 4 is 23.5 Å². The van der Waals surface area contributed by atoms with Crippen molar-refractivity contribution in [2.45, 2.75) is 45.5 Å². The zero-order chi connectivity index (χ0) is 13.7. The minimum Gasteiger partial charge on any atom is -0.407 e. The van der Waals surface area contributed by atoms with Gasteiger partial charge < -0.3 is 4.42 Å². The molecular formula is C12H16ClN3O2. The van der Waals surface area contributed by atoms with Crippen LogP contribution in [0.3, 0.4) is 0 Å². The highest BCUT2D eigenvalue weighted by Crippen LogP contribution is 2.33. The molecule has 2 rings (SSSR count). The first-order valence-electron chi connectivity index (χ1n) is 5.72. The number of carbonyl (C=O) groups is 1. The van der Waals surface area contributed by atoms with E-state index in [0.29, 0.717) is 11.5 Å². The van der Waals surface area contributed by atoms with Crippen LogP contribution in [0.25, 0.3) is 0 Å². The first-order chi connectivity index (χ1) is 8.23. The third-order valence-electron chi connectivity index (χ3n) is 2.98. The van der Waals surface area contributed by atoms with E-state index < -0.39 is 5.50 Å². The Hall–Kier alpha value is -1.36. The van der Waals surface area contributed by atoms with Gasteiger partial charge in [-0.1, -0.05) is 37.5 Å². The van der Waals surface area contributed by atoms with Gasteiger partial charge in [-0.05, 0) is 19.4 Å². The van der Waals surface area contributed by atoms with Gasteiger partial charge in [-0.2, -0.15) is 0 Å². The van der Waals surface area contributed by atoms with Crippen LogP contribution < -0.4 is 4.90 Å². The molecule has 1 aliphatic rings. The van der Waals surface area contributed by atoms with Crippen LogP contribution in [0.2, 0.25) is 0 Å². The number of carbonyl (C=O) groups excluding carboxylic acids is 1. The summed E-state index contributed by atoms with van der Waals surface area (Å²) in [5.74, 6) is 0.299. The monoisotopic (exact) mass is 269 g/mol. The lowest BCUT2D eigenvalue weighted by atomic mass is 9.97. The molecule has 18 heavy (non-hydrogen) atoms. The minimum absolute atomic E-state index is 0.154. The van der Waals surface area contributed by atoms with Crippen molar-refractivity contribution in [1.29, 1.82) is 0 Å². The van der Waals surface area contributed by atoms with E-state index in [2.05, 4.69) is 10.2 Å². The summed E-state index contributed by atoms with van der Waals surface area (Å²) in [6.45, 7) is 9.45. The summed E-state index contributed by atoms with van der Waals surface area (Å²) in [7, 11) is 0. The number of halogens is 1. The Bertz CT molecular complexity index is 528. The molecule has 1 amide bonds. The Morgan fingerprint density at radius 3 is 2.28 bits per heavy atom. The number of rotatable bonds is 1. The molecule has 1 aliphatic heterocycles. The molecule has 2 heterocycles. The first-order valence-corrected chi connectivity index (χ1v) is 6.16. The molecule has 6 heteroatoms. The Kier molecular flexibility index (Phi) is 2.97. The van der Waals surface area contributed by atoms with Crippen LogP contribution in [0, 0.1) is 0 Å². The minimum atomic E-state index is -0.550. The zero-order valence-electron chi connectivity index (χ0n) is 11.1. The third-order valence-corrected chi connectivity index (χ3v) is 3.50. The molecule has 98 valence electrons. The van der Waals surface area contributed by atoms with Gasteiger partial charge in [0.05, 0.1) is 0 Å². The molecule has 1 unspecified atom stereocenters. The fraction of sp³-hybridized carbons (Fsp3) is 0.583. The van der Waals surface area contributed by atoms with Crippen molar-refractivity contribution in [3.8, 4) is 0 Å². The Balaban J connectivity index is 2.35. The maximum atomic E-state index is 12.0.